The standard InChI is InChI=1S/C34H40BrN3O3/c1-34(2,3)26-14-15-28(30(23-26)41-21-20-37(4)5)32-29(16-17-31(39)40)33(25-12-9-13-27(35)22-25)38(36-32)19-18-24-10-7-6-8-11-24/h6-15,22-23H,16-21H2,1-5H3,(H,39,40). The lowest BCUT2D eigenvalue weighted by Gasteiger charge is -2.22. The maximum atomic E-state index is 11.8. The van der Waals surface area contributed by atoms with E-state index in [1.54, 1.807) is 0 Å². The van der Waals surface area contributed by atoms with E-state index in [2.05, 4.69) is 84.1 Å². The van der Waals surface area contributed by atoms with Crippen molar-refractivity contribution in [3.8, 4) is 28.3 Å². The van der Waals surface area contributed by atoms with Gasteiger partial charge in [0, 0.05) is 40.7 Å². The molecule has 0 saturated carbocycles. The van der Waals surface area contributed by atoms with Gasteiger partial charge in [0.25, 0.3) is 0 Å². The van der Waals surface area contributed by atoms with Gasteiger partial charge in [-0.2, -0.15) is 5.10 Å². The van der Waals surface area contributed by atoms with E-state index in [0.29, 0.717) is 19.6 Å². The van der Waals surface area contributed by atoms with Gasteiger partial charge in [0.05, 0.1) is 11.4 Å². The summed E-state index contributed by atoms with van der Waals surface area (Å²) >= 11 is 3.63. The Morgan fingerprint density at radius 3 is 2.41 bits per heavy atom. The van der Waals surface area contributed by atoms with Crippen molar-refractivity contribution >= 4 is 21.9 Å². The number of rotatable bonds is 12. The number of aromatic nitrogens is 2. The number of nitrogens with zero attached hydrogens (tertiary/aromatic N) is 3. The Labute approximate surface area is 252 Å². The summed E-state index contributed by atoms with van der Waals surface area (Å²) in [5.41, 5.74) is 6.84. The molecule has 4 rings (SSSR count). The Kier molecular flexibility index (Phi) is 10.1. The second kappa shape index (κ2) is 13.5. The van der Waals surface area contributed by atoms with E-state index in [-0.39, 0.29) is 11.8 Å². The summed E-state index contributed by atoms with van der Waals surface area (Å²) in [6.45, 7) is 8.53. The summed E-state index contributed by atoms with van der Waals surface area (Å²) in [6, 6.07) is 24.8. The largest absolute Gasteiger partial charge is 0.492 e. The molecule has 216 valence electrons. The van der Waals surface area contributed by atoms with Crippen LogP contribution in [0.5, 0.6) is 5.75 Å². The molecule has 0 radical (unpaired) electrons. The maximum absolute atomic E-state index is 11.8. The average molecular weight is 619 g/mol. The second-order valence-electron chi connectivity index (χ2n) is 11.7. The first-order chi connectivity index (χ1) is 19.5. The molecular formula is C34H40BrN3O3. The Bertz CT molecular complexity index is 1470. The lowest BCUT2D eigenvalue weighted by Crippen LogP contribution is -2.20. The zero-order chi connectivity index (χ0) is 29.6. The van der Waals surface area contributed by atoms with Gasteiger partial charge in [-0.3, -0.25) is 9.48 Å². The number of aryl methyl sites for hydroxylation is 2. The van der Waals surface area contributed by atoms with Crippen molar-refractivity contribution < 1.29 is 14.6 Å². The van der Waals surface area contributed by atoms with Crippen LogP contribution in [0.25, 0.3) is 22.5 Å². The third-order valence-electron chi connectivity index (χ3n) is 7.09. The molecule has 0 bridgehead atoms. The number of halogens is 1. The molecule has 1 aromatic heterocycles. The van der Waals surface area contributed by atoms with Crippen molar-refractivity contribution in [1.82, 2.24) is 14.7 Å². The van der Waals surface area contributed by atoms with Crippen LogP contribution in [0.1, 0.15) is 43.9 Å². The van der Waals surface area contributed by atoms with Crippen LogP contribution in [0.4, 0.5) is 0 Å². The van der Waals surface area contributed by atoms with Gasteiger partial charge in [-0.15, -0.1) is 0 Å². The van der Waals surface area contributed by atoms with Crippen LogP contribution < -0.4 is 4.74 Å². The first-order valence-electron chi connectivity index (χ1n) is 14.1. The van der Waals surface area contributed by atoms with Gasteiger partial charge in [0.2, 0.25) is 0 Å². The Hall–Kier alpha value is -3.42. The fourth-order valence-electron chi connectivity index (χ4n) is 4.83. The highest BCUT2D eigenvalue weighted by Crippen LogP contribution is 2.40. The molecule has 0 spiro atoms. The molecule has 0 fully saturated rings. The van der Waals surface area contributed by atoms with Gasteiger partial charge >= 0.3 is 5.97 Å². The minimum Gasteiger partial charge on any atom is -0.492 e. The Morgan fingerprint density at radius 1 is 1.00 bits per heavy atom. The summed E-state index contributed by atoms with van der Waals surface area (Å²) in [7, 11) is 4.05. The normalized spacial score (nSPS) is 11.7. The third kappa shape index (κ3) is 8.08. The van der Waals surface area contributed by atoms with E-state index in [1.165, 1.54) is 11.1 Å². The monoisotopic (exact) mass is 617 g/mol. The Balaban J connectivity index is 1.90. The van der Waals surface area contributed by atoms with Crippen molar-refractivity contribution in [2.75, 3.05) is 27.2 Å². The van der Waals surface area contributed by atoms with Crippen LogP contribution in [-0.2, 0) is 29.6 Å². The molecule has 6 nitrogen and oxygen atoms in total. The molecule has 0 aliphatic rings. The molecule has 1 N–H and O–H groups in total. The van der Waals surface area contributed by atoms with Gasteiger partial charge < -0.3 is 14.7 Å². The number of benzene rings is 3. The number of hydrogen-bond acceptors (Lipinski definition) is 4. The molecule has 0 amide bonds. The van der Waals surface area contributed by atoms with Crippen LogP contribution in [0.15, 0.2) is 77.3 Å². The number of aliphatic carboxylic acids is 1. The number of likely N-dealkylation sites (N-methyl/N-ethyl adjacent to an activating group) is 1. The fourth-order valence-corrected chi connectivity index (χ4v) is 5.23. The molecule has 0 saturated heterocycles. The molecule has 0 atom stereocenters. The van der Waals surface area contributed by atoms with Crippen molar-refractivity contribution in [2.45, 2.75) is 52.0 Å². The molecule has 1 heterocycles. The minimum absolute atomic E-state index is 0.00920. The lowest BCUT2D eigenvalue weighted by atomic mass is 9.85. The number of carboxylic acids is 1. The van der Waals surface area contributed by atoms with Crippen molar-refractivity contribution in [3.63, 3.8) is 0 Å². The number of hydrogen-bond donors (Lipinski definition) is 1. The highest BCUT2D eigenvalue weighted by atomic mass is 79.9. The smallest absolute Gasteiger partial charge is 0.303 e. The van der Waals surface area contributed by atoms with Crippen LogP contribution in [-0.4, -0.2) is 53.0 Å². The summed E-state index contributed by atoms with van der Waals surface area (Å²) in [4.78, 5) is 13.9. The van der Waals surface area contributed by atoms with Crippen LogP contribution in [0.2, 0.25) is 0 Å². The summed E-state index contributed by atoms with van der Waals surface area (Å²) in [6.07, 6.45) is 1.17. The van der Waals surface area contributed by atoms with E-state index in [0.717, 1.165) is 51.3 Å². The lowest BCUT2D eigenvalue weighted by molar-refractivity contribution is -0.136. The first kappa shape index (κ1) is 30.5. The SMILES string of the molecule is CN(C)CCOc1cc(C(C)(C)C)ccc1-c1nn(CCc2ccccc2)c(-c2cccc(Br)c2)c1CCC(=O)O. The van der Waals surface area contributed by atoms with Gasteiger partial charge in [-0.25, -0.2) is 0 Å². The Morgan fingerprint density at radius 2 is 1.76 bits per heavy atom. The van der Waals surface area contributed by atoms with Gasteiger partial charge in [0.1, 0.15) is 12.4 Å². The molecule has 3 aromatic carbocycles. The predicted octanol–water partition coefficient (Wildman–Crippen LogP) is 7.48. The van der Waals surface area contributed by atoms with Crippen molar-refractivity contribution in [2.24, 2.45) is 0 Å². The molecular weight excluding hydrogens is 578 g/mol. The molecule has 41 heavy (non-hydrogen) atoms. The molecule has 4 aromatic rings. The fraction of sp³-hybridized carbons (Fsp3) is 0.353. The molecule has 0 aliphatic carbocycles. The number of carbonyl (C=O) groups is 1. The topological polar surface area (TPSA) is 67.6 Å². The second-order valence-corrected chi connectivity index (χ2v) is 12.6. The number of carboxylic acid groups (broad SMARTS) is 1. The summed E-state index contributed by atoms with van der Waals surface area (Å²) < 4.78 is 9.41. The van der Waals surface area contributed by atoms with Crippen LogP contribution >= 0.6 is 15.9 Å². The van der Waals surface area contributed by atoms with E-state index in [9.17, 15) is 9.90 Å². The maximum Gasteiger partial charge on any atom is 0.303 e. The first-order valence-corrected chi connectivity index (χ1v) is 14.9. The van der Waals surface area contributed by atoms with Gasteiger partial charge in [-0.1, -0.05) is 85.2 Å². The zero-order valence-corrected chi connectivity index (χ0v) is 26.2. The van der Waals surface area contributed by atoms with E-state index in [1.807, 2.05) is 49.1 Å². The van der Waals surface area contributed by atoms with Gasteiger partial charge in [-0.05, 0) is 67.7 Å². The van der Waals surface area contributed by atoms with E-state index >= 15 is 0 Å². The van der Waals surface area contributed by atoms with E-state index < -0.39 is 5.97 Å². The van der Waals surface area contributed by atoms with Crippen molar-refractivity contribution in [1.29, 1.82) is 0 Å². The predicted molar refractivity (Wildman–Crippen MR) is 170 cm³/mol. The number of ether oxygens (including phenoxy) is 1. The summed E-state index contributed by atoms with van der Waals surface area (Å²) in [5, 5.41) is 14.9. The average Bonchev–Trinajstić information content (AvgIpc) is 3.28. The zero-order valence-electron chi connectivity index (χ0n) is 24.7. The van der Waals surface area contributed by atoms with E-state index in [4.69, 9.17) is 9.84 Å². The molecule has 7 heteroatoms. The minimum atomic E-state index is -0.835. The highest BCUT2D eigenvalue weighted by molar-refractivity contribution is 9.10. The molecule has 0 unspecified atom stereocenters. The highest BCUT2D eigenvalue weighted by Gasteiger charge is 2.25. The third-order valence-corrected chi connectivity index (χ3v) is 7.58. The quantitative estimate of drug-likeness (QED) is 0.178. The van der Waals surface area contributed by atoms with Crippen LogP contribution in [0, 0.1) is 0 Å². The summed E-state index contributed by atoms with van der Waals surface area (Å²) in [5.74, 6) is -0.0666. The van der Waals surface area contributed by atoms with Crippen LogP contribution in [0.3, 0.4) is 0 Å². The van der Waals surface area contributed by atoms with Gasteiger partial charge in [0.15, 0.2) is 0 Å². The van der Waals surface area contributed by atoms with Crippen molar-refractivity contribution in [3.05, 3.63) is 94.0 Å². The molecule has 0 aliphatic heterocycles.